The number of piperazine rings is 1. The molecule has 0 spiro atoms. The molecular weight excluding hydrogens is 350 g/mol. The first kappa shape index (κ1) is 17.6. The normalized spacial score (nSPS) is 26.0. The third-order valence-corrected chi connectivity index (χ3v) is 7.09. The Morgan fingerprint density at radius 1 is 1.12 bits per heavy atom. The minimum absolute atomic E-state index is 0.0389. The van der Waals surface area contributed by atoms with Crippen LogP contribution in [0, 0.1) is 0 Å². The van der Waals surface area contributed by atoms with Gasteiger partial charge in [-0.15, -0.1) is 0 Å². The van der Waals surface area contributed by atoms with Gasteiger partial charge in [0.15, 0.2) is 9.84 Å². The Hall–Kier alpha value is -1.77. The van der Waals surface area contributed by atoms with E-state index in [1.807, 2.05) is 29.1 Å². The minimum atomic E-state index is -3.00. The summed E-state index contributed by atoms with van der Waals surface area (Å²) in [5.41, 5.74) is 2.14. The zero-order chi connectivity index (χ0) is 18.1. The van der Waals surface area contributed by atoms with Gasteiger partial charge in [-0.25, -0.2) is 8.42 Å². The molecule has 0 aromatic carbocycles. The predicted molar refractivity (Wildman–Crippen MR) is 99.2 cm³/mol. The van der Waals surface area contributed by atoms with Crippen LogP contribution in [0.5, 0.6) is 0 Å². The van der Waals surface area contributed by atoms with Gasteiger partial charge in [0.05, 0.1) is 23.4 Å². The number of hydrogen-bond acceptors (Lipinski definition) is 6. The summed E-state index contributed by atoms with van der Waals surface area (Å²) in [5, 5.41) is 4.34. The van der Waals surface area contributed by atoms with Crippen molar-refractivity contribution in [1.29, 1.82) is 0 Å². The molecule has 2 aromatic heterocycles. The lowest BCUT2D eigenvalue weighted by Gasteiger charge is -2.43. The minimum Gasteiger partial charge on any atom is -0.292 e. The summed E-state index contributed by atoms with van der Waals surface area (Å²) in [6, 6.07) is 5.97. The van der Waals surface area contributed by atoms with Crippen LogP contribution in [0.3, 0.4) is 0 Å². The third-order valence-electron chi connectivity index (χ3n) is 5.39. The fourth-order valence-corrected chi connectivity index (χ4v) is 6.13. The number of nitrogens with zero attached hydrogens (tertiary/aromatic N) is 5. The fourth-order valence-electron chi connectivity index (χ4n) is 4.08. The van der Waals surface area contributed by atoms with E-state index in [9.17, 15) is 8.42 Å². The Morgan fingerprint density at radius 2 is 1.85 bits per heavy atom. The van der Waals surface area contributed by atoms with Gasteiger partial charge in [-0.2, -0.15) is 5.10 Å². The number of fused-ring (bicyclic) bond motifs is 1. The molecule has 140 valence electrons. The Kier molecular flexibility index (Phi) is 4.81. The van der Waals surface area contributed by atoms with Crippen LogP contribution < -0.4 is 0 Å². The molecule has 2 aliphatic rings. The fraction of sp³-hybridized carbons (Fsp3) is 0.556. The largest absolute Gasteiger partial charge is 0.292 e. The van der Waals surface area contributed by atoms with Crippen LogP contribution in [0.15, 0.2) is 36.8 Å². The number of sulfone groups is 1. The van der Waals surface area contributed by atoms with Crippen molar-refractivity contribution in [1.82, 2.24) is 24.6 Å². The lowest BCUT2D eigenvalue weighted by Crippen LogP contribution is -2.58. The molecule has 2 saturated heterocycles. The van der Waals surface area contributed by atoms with Crippen LogP contribution >= 0.6 is 0 Å². The highest BCUT2D eigenvalue weighted by Gasteiger charge is 2.46. The molecule has 4 heterocycles. The molecule has 0 bridgehead atoms. The molecule has 0 saturated carbocycles. The summed E-state index contributed by atoms with van der Waals surface area (Å²) in [6.45, 7) is 6.09. The van der Waals surface area contributed by atoms with Gasteiger partial charge >= 0.3 is 0 Å². The van der Waals surface area contributed by atoms with Crippen LogP contribution in [0.25, 0.3) is 0 Å². The second kappa shape index (κ2) is 7.09. The van der Waals surface area contributed by atoms with Gasteiger partial charge in [-0.05, 0) is 19.1 Å². The van der Waals surface area contributed by atoms with E-state index >= 15 is 0 Å². The van der Waals surface area contributed by atoms with E-state index in [1.54, 1.807) is 6.20 Å². The van der Waals surface area contributed by atoms with E-state index in [0.29, 0.717) is 6.54 Å². The van der Waals surface area contributed by atoms with E-state index in [4.69, 9.17) is 0 Å². The van der Waals surface area contributed by atoms with Crippen LogP contribution in [-0.4, -0.2) is 69.7 Å². The molecular formula is C18H25N5O2S. The van der Waals surface area contributed by atoms with Gasteiger partial charge in [-0.3, -0.25) is 19.5 Å². The second-order valence-corrected chi connectivity index (χ2v) is 9.33. The Bertz CT molecular complexity index is 851. The number of aromatic nitrogens is 3. The zero-order valence-electron chi connectivity index (χ0n) is 15.0. The summed E-state index contributed by atoms with van der Waals surface area (Å²) < 4.78 is 26.6. The monoisotopic (exact) mass is 375 g/mol. The maximum absolute atomic E-state index is 12.4. The number of pyridine rings is 1. The standard InChI is InChI=1S/C18H25N5O2S/c1-2-23-11-15(9-20-23)10-21-7-8-22(12-16-5-3-4-6-19-16)18-14-26(24,25)13-17(18)21/h3-6,9,11,17-18H,2,7-8,10,12-14H2,1H3/t17-,18+/m0/s1. The SMILES string of the molecule is CCn1cc(CN2CCN(Cc3ccccn3)[C@@H]3CS(=O)(=O)C[C@@H]32)cn1. The summed E-state index contributed by atoms with van der Waals surface area (Å²) in [7, 11) is -3.00. The summed E-state index contributed by atoms with van der Waals surface area (Å²) in [6.07, 6.45) is 5.74. The highest BCUT2D eigenvalue weighted by molar-refractivity contribution is 7.91. The quantitative estimate of drug-likeness (QED) is 0.769. The molecule has 0 aliphatic carbocycles. The van der Waals surface area contributed by atoms with Crippen molar-refractivity contribution in [2.75, 3.05) is 24.6 Å². The van der Waals surface area contributed by atoms with E-state index in [0.717, 1.165) is 37.4 Å². The van der Waals surface area contributed by atoms with E-state index in [2.05, 4.69) is 33.0 Å². The molecule has 26 heavy (non-hydrogen) atoms. The molecule has 2 atom stereocenters. The first-order chi connectivity index (χ1) is 12.5. The van der Waals surface area contributed by atoms with Gasteiger partial charge in [0, 0.05) is 62.8 Å². The van der Waals surface area contributed by atoms with E-state index in [1.165, 1.54) is 0 Å². The van der Waals surface area contributed by atoms with Crippen molar-refractivity contribution in [3.8, 4) is 0 Å². The van der Waals surface area contributed by atoms with Crippen LogP contribution in [0.4, 0.5) is 0 Å². The third kappa shape index (κ3) is 3.67. The highest BCUT2D eigenvalue weighted by atomic mass is 32.2. The van der Waals surface area contributed by atoms with Crippen molar-refractivity contribution in [2.45, 2.75) is 38.6 Å². The summed E-state index contributed by atoms with van der Waals surface area (Å²) in [5.74, 6) is 0.494. The van der Waals surface area contributed by atoms with Crippen LogP contribution in [0.1, 0.15) is 18.2 Å². The summed E-state index contributed by atoms with van der Waals surface area (Å²) in [4.78, 5) is 9.02. The molecule has 4 rings (SSSR count). The lowest BCUT2D eigenvalue weighted by molar-refractivity contribution is 0.0348. The first-order valence-electron chi connectivity index (χ1n) is 9.14. The van der Waals surface area contributed by atoms with Gasteiger partial charge in [0.25, 0.3) is 0 Å². The van der Waals surface area contributed by atoms with Crippen molar-refractivity contribution in [3.05, 3.63) is 48.0 Å². The van der Waals surface area contributed by atoms with Gasteiger partial charge in [0.2, 0.25) is 0 Å². The maximum Gasteiger partial charge on any atom is 0.153 e. The average molecular weight is 375 g/mol. The Balaban J connectivity index is 1.51. The van der Waals surface area contributed by atoms with E-state index in [-0.39, 0.29) is 23.6 Å². The average Bonchev–Trinajstić information content (AvgIpc) is 3.21. The number of rotatable bonds is 5. The van der Waals surface area contributed by atoms with Crippen LogP contribution in [0.2, 0.25) is 0 Å². The topological polar surface area (TPSA) is 71.3 Å². The maximum atomic E-state index is 12.4. The predicted octanol–water partition coefficient (Wildman–Crippen LogP) is 0.781. The van der Waals surface area contributed by atoms with Crippen molar-refractivity contribution < 1.29 is 8.42 Å². The Labute approximate surface area is 154 Å². The van der Waals surface area contributed by atoms with Gasteiger partial charge in [0.1, 0.15) is 0 Å². The molecule has 0 unspecified atom stereocenters. The molecule has 2 aromatic rings. The highest BCUT2D eigenvalue weighted by Crippen LogP contribution is 2.29. The smallest absolute Gasteiger partial charge is 0.153 e. The van der Waals surface area contributed by atoms with Crippen LogP contribution in [-0.2, 0) is 29.5 Å². The van der Waals surface area contributed by atoms with Crippen molar-refractivity contribution >= 4 is 9.84 Å². The lowest BCUT2D eigenvalue weighted by atomic mass is 10.0. The zero-order valence-corrected chi connectivity index (χ0v) is 15.8. The number of aryl methyl sites for hydroxylation is 1. The molecule has 2 fully saturated rings. The molecule has 0 radical (unpaired) electrons. The van der Waals surface area contributed by atoms with Gasteiger partial charge in [-0.1, -0.05) is 6.07 Å². The number of hydrogen-bond donors (Lipinski definition) is 0. The van der Waals surface area contributed by atoms with E-state index < -0.39 is 9.84 Å². The first-order valence-corrected chi connectivity index (χ1v) is 11.0. The van der Waals surface area contributed by atoms with Crippen molar-refractivity contribution in [2.24, 2.45) is 0 Å². The summed E-state index contributed by atoms with van der Waals surface area (Å²) >= 11 is 0. The van der Waals surface area contributed by atoms with Gasteiger partial charge < -0.3 is 0 Å². The second-order valence-electron chi connectivity index (χ2n) is 7.18. The molecule has 8 heteroatoms. The molecule has 2 aliphatic heterocycles. The van der Waals surface area contributed by atoms with Crippen molar-refractivity contribution in [3.63, 3.8) is 0 Å². The Morgan fingerprint density at radius 3 is 2.46 bits per heavy atom. The molecule has 0 amide bonds. The molecule has 0 N–H and O–H groups in total. The molecule has 7 nitrogen and oxygen atoms in total.